The lowest BCUT2D eigenvalue weighted by Crippen LogP contribution is -2.05. The number of aryl methyl sites for hydroxylation is 1. The molecule has 0 aliphatic heterocycles. The predicted octanol–water partition coefficient (Wildman–Crippen LogP) is 4.52. The van der Waals surface area contributed by atoms with Crippen LogP contribution in [0.3, 0.4) is 0 Å². The highest BCUT2D eigenvalue weighted by Gasteiger charge is 2.30. The summed E-state index contributed by atoms with van der Waals surface area (Å²) in [5, 5.41) is 8.74. The molecule has 0 unspecified atom stereocenters. The molecular weight excluding hydrogens is 288 g/mol. The molecule has 21 heavy (non-hydrogen) atoms. The van der Waals surface area contributed by atoms with Crippen LogP contribution < -0.4 is 0 Å². The van der Waals surface area contributed by atoms with E-state index in [1.54, 1.807) is 0 Å². The fourth-order valence-electron chi connectivity index (χ4n) is 2.02. The van der Waals surface area contributed by atoms with Crippen LogP contribution in [0.25, 0.3) is 11.1 Å². The number of carbonyl (C=O) groups is 1. The van der Waals surface area contributed by atoms with Crippen LogP contribution in [0.4, 0.5) is 17.6 Å². The maximum atomic E-state index is 13.6. The summed E-state index contributed by atoms with van der Waals surface area (Å²) in [7, 11) is 0. The molecule has 110 valence electrons. The van der Waals surface area contributed by atoms with E-state index in [-0.39, 0.29) is 0 Å². The number of hydrogen-bond acceptors (Lipinski definition) is 1. The van der Waals surface area contributed by atoms with Crippen molar-refractivity contribution in [1.82, 2.24) is 0 Å². The minimum atomic E-state index is -4.44. The summed E-state index contributed by atoms with van der Waals surface area (Å²) in [4.78, 5) is 10.7. The zero-order valence-electron chi connectivity index (χ0n) is 10.8. The summed E-state index contributed by atoms with van der Waals surface area (Å²) < 4.78 is 51.4. The molecule has 0 amide bonds. The number of benzene rings is 2. The van der Waals surface area contributed by atoms with E-state index < -0.39 is 29.1 Å². The van der Waals surface area contributed by atoms with Crippen molar-refractivity contribution in [2.45, 2.75) is 13.1 Å². The second-order valence-corrected chi connectivity index (χ2v) is 4.53. The molecule has 6 heteroatoms. The molecule has 0 fully saturated rings. The second-order valence-electron chi connectivity index (χ2n) is 4.53. The minimum absolute atomic E-state index is 0.323. The number of alkyl halides is 3. The molecule has 0 saturated heterocycles. The van der Waals surface area contributed by atoms with Crippen molar-refractivity contribution in [2.75, 3.05) is 0 Å². The molecule has 2 aromatic carbocycles. The Bertz CT molecular complexity index is 705. The molecular formula is C15H10F4O2. The van der Waals surface area contributed by atoms with E-state index >= 15 is 0 Å². The zero-order valence-corrected chi connectivity index (χ0v) is 10.8. The standard InChI is InChI=1S/C15H10F4O2/c1-8-6-10(15(17,18)19)3-5-11(8)9-2-4-12(14(20)21)13(16)7-9/h2-7H,1H3,(H,20,21). The lowest BCUT2D eigenvalue weighted by atomic mass is 9.97. The van der Waals surface area contributed by atoms with E-state index in [0.717, 1.165) is 24.3 Å². The summed E-state index contributed by atoms with van der Waals surface area (Å²) in [5.74, 6) is -2.33. The molecule has 0 aliphatic carbocycles. The molecule has 2 nitrogen and oxygen atoms in total. The van der Waals surface area contributed by atoms with Gasteiger partial charge in [0.2, 0.25) is 0 Å². The van der Waals surface area contributed by atoms with Crippen LogP contribution in [0.1, 0.15) is 21.5 Å². The lowest BCUT2D eigenvalue weighted by molar-refractivity contribution is -0.137. The molecule has 2 aromatic rings. The lowest BCUT2D eigenvalue weighted by Gasteiger charge is -2.11. The largest absolute Gasteiger partial charge is 0.478 e. The van der Waals surface area contributed by atoms with E-state index in [2.05, 4.69) is 0 Å². The van der Waals surface area contributed by atoms with Crippen LogP contribution in [-0.4, -0.2) is 11.1 Å². The van der Waals surface area contributed by atoms with Gasteiger partial charge in [0, 0.05) is 0 Å². The third-order valence-electron chi connectivity index (χ3n) is 3.06. The van der Waals surface area contributed by atoms with E-state index in [1.165, 1.54) is 19.1 Å². The van der Waals surface area contributed by atoms with Gasteiger partial charge in [0.15, 0.2) is 0 Å². The monoisotopic (exact) mass is 298 g/mol. The topological polar surface area (TPSA) is 37.3 Å². The van der Waals surface area contributed by atoms with Crippen LogP contribution >= 0.6 is 0 Å². The normalized spacial score (nSPS) is 11.5. The van der Waals surface area contributed by atoms with Gasteiger partial charge in [-0.25, -0.2) is 9.18 Å². The van der Waals surface area contributed by atoms with Gasteiger partial charge in [-0.2, -0.15) is 13.2 Å². The molecule has 0 heterocycles. The van der Waals surface area contributed by atoms with E-state index in [0.29, 0.717) is 16.7 Å². The zero-order chi connectivity index (χ0) is 15.8. The molecule has 0 radical (unpaired) electrons. The number of carboxylic acid groups (broad SMARTS) is 1. The van der Waals surface area contributed by atoms with Crippen molar-refractivity contribution in [3.8, 4) is 11.1 Å². The molecule has 2 rings (SSSR count). The van der Waals surface area contributed by atoms with Crippen LogP contribution in [-0.2, 0) is 6.18 Å². The van der Waals surface area contributed by atoms with Gasteiger partial charge in [-0.05, 0) is 47.9 Å². The molecule has 0 aliphatic rings. The average Bonchev–Trinajstić information content (AvgIpc) is 2.36. The Hall–Kier alpha value is -2.37. The van der Waals surface area contributed by atoms with Crippen molar-refractivity contribution in [3.05, 3.63) is 58.9 Å². The molecule has 0 bridgehead atoms. The first-order valence-electron chi connectivity index (χ1n) is 5.91. The maximum absolute atomic E-state index is 13.6. The van der Waals surface area contributed by atoms with Crippen LogP contribution in [0.2, 0.25) is 0 Å². The van der Waals surface area contributed by atoms with E-state index in [1.807, 2.05) is 0 Å². The molecule has 0 atom stereocenters. The number of carboxylic acids is 1. The van der Waals surface area contributed by atoms with Gasteiger partial charge in [0.1, 0.15) is 5.82 Å². The predicted molar refractivity (Wildman–Crippen MR) is 68.5 cm³/mol. The number of rotatable bonds is 2. The first-order chi connectivity index (χ1) is 9.70. The number of halogens is 4. The first-order valence-corrected chi connectivity index (χ1v) is 5.91. The Kier molecular flexibility index (Phi) is 3.72. The van der Waals surface area contributed by atoms with Gasteiger partial charge in [-0.1, -0.05) is 12.1 Å². The van der Waals surface area contributed by atoms with Gasteiger partial charge in [0.25, 0.3) is 0 Å². The highest BCUT2D eigenvalue weighted by Crippen LogP contribution is 2.33. The first kappa shape index (κ1) is 15.0. The Morgan fingerprint density at radius 2 is 1.76 bits per heavy atom. The Balaban J connectivity index is 2.48. The summed E-state index contributed by atoms with van der Waals surface area (Å²) in [6.45, 7) is 1.48. The number of aromatic carboxylic acids is 1. The maximum Gasteiger partial charge on any atom is 0.416 e. The Morgan fingerprint density at radius 3 is 2.24 bits per heavy atom. The quantitative estimate of drug-likeness (QED) is 0.828. The van der Waals surface area contributed by atoms with Crippen molar-refractivity contribution >= 4 is 5.97 Å². The second kappa shape index (κ2) is 5.20. The Morgan fingerprint density at radius 1 is 1.10 bits per heavy atom. The molecule has 1 N–H and O–H groups in total. The number of hydrogen-bond donors (Lipinski definition) is 1. The minimum Gasteiger partial charge on any atom is -0.478 e. The van der Waals surface area contributed by atoms with E-state index in [9.17, 15) is 22.4 Å². The summed E-state index contributed by atoms with van der Waals surface area (Å²) in [5.41, 5.74) is -0.204. The summed E-state index contributed by atoms with van der Waals surface area (Å²) in [6, 6.07) is 6.57. The van der Waals surface area contributed by atoms with Gasteiger partial charge >= 0.3 is 12.1 Å². The average molecular weight is 298 g/mol. The molecule has 0 spiro atoms. The van der Waals surface area contributed by atoms with Gasteiger partial charge in [-0.3, -0.25) is 0 Å². The molecule has 0 saturated carbocycles. The van der Waals surface area contributed by atoms with Gasteiger partial charge in [-0.15, -0.1) is 0 Å². The van der Waals surface area contributed by atoms with Gasteiger partial charge in [0.05, 0.1) is 11.1 Å². The van der Waals surface area contributed by atoms with Crippen molar-refractivity contribution < 1.29 is 27.5 Å². The summed E-state index contributed by atoms with van der Waals surface area (Å²) in [6.07, 6.45) is -4.44. The van der Waals surface area contributed by atoms with E-state index in [4.69, 9.17) is 5.11 Å². The third kappa shape index (κ3) is 3.04. The summed E-state index contributed by atoms with van der Waals surface area (Å²) >= 11 is 0. The van der Waals surface area contributed by atoms with Gasteiger partial charge < -0.3 is 5.11 Å². The fraction of sp³-hybridized carbons (Fsp3) is 0.133. The van der Waals surface area contributed by atoms with Crippen molar-refractivity contribution in [3.63, 3.8) is 0 Å². The third-order valence-corrected chi connectivity index (χ3v) is 3.06. The van der Waals surface area contributed by atoms with Crippen molar-refractivity contribution in [1.29, 1.82) is 0 Å². The van der Waals surface area contributed by atoms with Crippen LogP contribution in [0.15, 0.2) is 36.4 Å². The Labute approximate surface area is 117 Å². The molecule has 0 aromatic heterocycles. The SMILES string of the molecule is Cc1cc(C(F)(F)F)ccc1-c1ccc(C(=O)O)c(F)c1. The van der Waals surface area contributed by atoms with Crippen molar-refractivity contribution in [2.24, 2.45) is 0 Å². The highest BCUT2D eigenvalue weighted by molar-refractivity contribution is 5.88. The van der Waals surface area contributed by atoms with Crippen LogP contribution in [0.5, 0.6) is 0 Å². The van der Waals surface area contributed by atoms with Crippen LogP contribution in [0, 0.1) is 12.7 Å². The fourth-order valence-corrected chi connectivity index (χ4v) is 2.02. The smallest absolute Gasteiger partial charge is 0.416 e. The highest BCUT2D eigenvalue weighted by atomic mass is 19.4.